The second kappa shape index (κ2) is 8.29. The van der Waals surface area contributed by atoms with Gasteiger partial charge in [0.15, 0.2) is 0 Å². The number of aliphatic hydroxyl groups is 1. The minimum absolute atomic E-state index is 0.127. The van der Waals surface area contributed by atoms with Crippen molar-refractivity contribution in [2.75, 3.05) is 24.6 Å². The summed E-state index contributed by atoms with van der Waals surface area (Å²) >= 11 is 12.0. The highest BCUT2D eigenvalue weighted by molar-refractivity contribution is 6.35. The molecule has 0 fully saturated rings. The Bertz CT molecular complexity index is 704. The van der Waals surface area contributed by atoms with E-state index in [1.807, 2.05) is 25.1 Å². The zero-order chi connectivity index (χ0) is 16.8. The molecular weight excluding hydrogens is 333 g/mol. The summed E-state index contributed by atoms with van der Waals surface area (Å²) in [5.74, 6) is 0. The molecule has 6 heteroatoms. The van der Waals surface area contributed by atoms with Crippen LogP contribution in [0.1, 0.15) is 12.5 Å². The van der Waals surface area contributed by atoms with Gasteiger partial charge in [-0.15, -0.1) is 5.11 Å². The van der Waals surface area contributed by atoms with Gasteiger partial charge in [0, 0.05) is 23.8 Å². The lowest BCUT2D eigenvalue weighted by molar-refractivity contribution is 0.302. The summed E-state index contributed by atoms with van der Waals surface area (Å²) in [5, 5.41) is 18.6. The highest BCUT2D eigenvalue weighted by atomic mass is 35.5. The number of anilines is 1. The zero-order valence-electron chi connectivity index (χ0n) is 13.1. The van der Waals surface area contributed by atoms with Gasteiger partial charge in [0.2, 0.25) is 0 Å². The monoisotopic (exact) mass is 351 g/mol. The van der Waals surface area contributed by atoms with E-state index in [4.69, 9.17) is 28.3 Å². The van der Waals surface area contributed by atoms with Crippen LogP contribution in [-0.4, -0.2) is 24.8 Å². The summed E-state index contributed by atoms with van der Waals surface area (Å²) in [6.07, 6.45) is 0. The Labute approximate surface area is 146 Å². The number of rotatable bonds is 6. The second-order valence-corrected chi connectivity index (χ2v) is 5.91. The fourth-order valence-electron chi connectivity index (χ4n) is 2.21. The van der Waals surface area contributed by atoms with Gasteiger partial charge in [0.25, 0.3) is 0 Å². The minimum atomic E-state index is 0.127. The summed E-state index contributed by atoms with van der Waals surface area (Å²) in [6.45, 7) is 5.60. The van der Waals surface area contributed by atoms with Crippen molar-refractivity contribution in [3.63, 3.8) is 0 Å². The fourth-order valence-corrected chi connectivity index (χ4v) is 2.53. The summed E-state index contributed by atoms with van der Waals surface area (Å²) in [5.41, 5.74) is 3.36. The average Bonchev–Trinajstić information content (AvgIpc) is 2.54. The molecule has 0 radical (unpaired) electrons. The Balaban J connectivity index is 2.24. The van der Waals surface area contributed by atoms with E-state index in [2.05, 4.69) is 22.1 Å². The van der Waals surface area contributed by atoms with Gasteiger partial charge in [0.1, 0.15) is 5.69 Å². The third-order valence-electron chi connectivity index (χ3n) is 3.47. The second-order valence-electron chi connectivity index (χ2n) is 5.07. The van der Waals surface area contributed by atoms with Crippen LogP contribution in [-0.2, 0) is 0 Å². The Hall–Kier alpha value is -1.62. The Kier molecular flexibility index (Phi) is 6.39. The van der Waals surface area contributed by atoms with E-state index in [1.54, 1.807) is 18.2 Å². The van der Waals surface area contributed by atoms with Gasteiger partial charge >= 0.3 is 0 Å². The molecule has 23 heavy (non-hydrogen) atoms. The average molecular weight is 352 g/mol. The predicted octanol–water partition coefficient (Wildman–Crippen LogP) is 5.54. The molecule has 122 valence electrons. The normalized spacial score (nSPS) is 11.2. The summed E-state index contributed by atoms with van der Waals surface area (Å²) < 4.78 is 0. The molecule has 0 aromatic heterocycles. The number of halogens is 2. The van der Waals surface area contributed by atoms with Gasteiger partial charge in [-0.1, -0.05) is 23.2 Å². The molecule has 4 nitrogen and oxygen atoms in total. The van der Waals surface area contributed by atoms with Crippen LogP contribution < -0.4 is 4.90 Å². The fraction of sp³-hybridized carbons (Fsp3) is 0.294. The molecule has 0 spiro atoms. The van der Waals surface area contributed by atoms with E-state index >= 15 is 0 Å². The van der Waals surface area contributed by atoms with Crippen LogP contribution in [0.15, 0.2) is 46.6 Å². The first-order valence-corrected chi connectivity index (χ1v) is 8.14. The number of azo groups is 1. The quantitative estimate of drug-likeness (QED) is 0.694. The number of hydrogen-bond donors (Lipinski definition) is 1. The number of hydrogen-bond acceptors (Lipinski definition) is 4. The molecule has 2 rings (SSSR count). The van der Waals surface area contributed by atoms with E-state index in [1.165, 1.54) is 0 Å². The number of nitrogens with zero attached hydrogens (tertiary/aromatic N) is 3. The predicted molar refractivity (Wildman–Crippen MR) is 96.8 cm³/mol. The Morgan fingerprint density at radius 1 is 1.04 bits per heavy atom. The molecular formula is C17H19Cl2N3O. The molecule has 0 aliphatic rings. The lowest BCUT2D eigenvalue weighted by Crippen LogP contribution is -2.26. The van der Waals surface area contributed by atoms with Gasteiger partial charge in [-0.25, -0.2) is 0 Å². The van der Waals surface area contributed by atoms with Crippen molar-refractivity contribution in [1.82, 2.24) is 0 Å². The molecule has 0 unspecified atom stereocenters. The van der Waals surface area contributed by atoms with E-state index in [9.17, 15) is 0 Å². The number of aliphatic hydroxyl groups excluding tert-OH is 1. The molecule has 0 saturated heterocycles. The van der Waals surface area contributed by atoms with Crippen LogP contribution in [0, 0.1) is 6.92 Å². The standard InChI is InChI=1S/C17H19Cl2N3O/c1-3-22(8-9-23)14-5-7-16(12(2)10-14)20-21-17-11-13(18)4-6-15(17)19/h4-7,10-11,23H,3,8-9H2,1-2H3. The molecule has 0 atom stereocenters. The molecule has 0 amide bonds. The van der Waals surface area contributed by atoms with Crippen LogP contribution in [0.4, 0.5) is 17.1 Å². The summed E-state index contributed by atoms with van der Waals surface area (Å²) in [4.78, 5) is 2.10. The zero-order valence-corrected chi connectivity index (χ0v) is 14.6. The molecule has 0 aliphatic heterocycles. The third-order valence-corrected chi connectivity index (χ3v) is 4.03. The van der Waals surface area contributed by atoms with E-state index in [-0.39, 0.29) is 6.61 Å². The van der Waals surface area contributed by atoms with Crippen LogP contribution >= 0.6 is 23.2 Å². The van der Waals surface area contributed by atoms with E-state index in [0.29, 0.717) is 22.3 Å². The summed E-state index contributed by atoms with van der Waals surface area (Å²) in [7, 11) is 0. The van der Waals surface area contributed by atoms with Crippen molar-refractivity contribution in [3.05, 3.63) is 52.0 Å². The maximum Gasteiger partial charge on any atom is 0.106 e. The first-order chi connectivity index (χ1) is 11.0. The first kappa shape index (κ1) is 17.7. The maximum atomic E-state index is 9.11. The van der Waals surface area contributed by atoms with Crippen molar-refractivity contribution in [2.24, 2.45) is 10.2 Å². The van der Waals surface area contributed by atoms with Gasteiger partial charge < -0.3 is 10.0 Å². The molecule has 0 bridgehead atoms. The van der Waals surface area contributed by atoms with Crippen LogP contribution in [0.2, 0.25) is 10.0 Å². The number of benzene rings is 2. The van der Waals surface area contributed by atoms with Crippen molar-refractivity contribution >= 4 is 40.3 Å². The lowest BCUT2D eigenvalue weighted by atomic mass is 10.1. The van der Waals surface area contributed by atoms with Gasteiger partial charge in [-0.2, -0.15) is 5.11 Å². The van der Waals surface area contributed by atoms with Gasteiger partial charge in [0.05, 0.1) is 17.3 Å². The van der Waals surface area contributed by atoms with E-state index < -0.39 is 0 Å². The first-order valence-electron chi connectivity index (χ1n) is 7.38. The summed E-state index contributed by atoms with van der Waals surface area (Å²) in [6, 6.07) is 11.0. The van der Waals surface area contributed by atoms with Crippen LogP contribution in [0.5, 0.6) is 0 Å². The van der Waals surface area contributed by atoms with Crippen molar-refractivity contribution < 1.29 is 5.11 Å². The Morgan fingerprint density at radius 3 is 2.43 bits per heavy atom. The van der Waals surface area contributed by atoms with Crippen molar-refractivity contribution in [3.8, 4) is 0 Å². The maximum absolute atomic E-state index is 9.11. The van der Waals surface area contributed by atoms with Crippen LogP contribution in [0.3, 0.4) is 0 Å². The van der Waals surface area contributed by atoms with Crippen molar-refractivity contribution in [2.45, 2.75) is 13.8 Å². The topological polar surface area (TPSA) is 48.2 Å². The number of aryl methyl sites for hydroxylation is 1. The lowest BCUT2D eigenvalue weighted by Gasteiger charge is -2.22. The number of likely N-dealkylation sites (N-methyl/N-ethyl adjacent to an activating group) is 1. The highest BCUT2D eigenvalue weighted by Crippen LogP contribution is 2.31. The van der Waals surface area contributed by atoms with Gasteiger partial charge in [-0.05, 0) is 55.8 Å². The molecule has 2 aromatic rings. The molecule has 0 saturated carbocycles. The largest absolute Gasteiger partial charge is 0.395 e. The Morgan fingerprint density at radius 2 is 1.78 bits per heavy atom. The molecule has 0 heterocycles. The van der Waals surface area contributed by atoms with Crippen molar-refractivity contribution in [1.29, 1.82) is 0 Å². The SMILES string of the molecule is CCN(CCO)c1ccc(N=Nc2cc(Cl)ccc2Cl)c(C)c1. The smallest absolute Gasteiger partial charge is 0.106 e. The minimum Gasteiger partial charge on any atom is -0.395 e. The van der Waals surface area contributed by atoms with Crippen LogP contribution in [0.25, 0.3) is 0 Å². The molecule has 1 N–H and O–H groups in total. The third kappa shape index (κ3) is 4.67. The van der Waals surface area contributed by atoms with Gasteiger partial charge in [-0.3, -0.25) is 0 Å². The van der Waals surface area contributed by atoms with E-state index in [0.717, 1.165) is 23.5 Å². The molecule has 2 aromatic carbocycles. The molecule has 0 aliphatic carbocycles. The highest BCUT2D eigenvalue weighted by Gasteiger charge is 2.06.